The van der Waals surface area contributed by atoms with Gasteiger partial charge in [0.15, 0.2) is 5.82 Å². The molecule has 0 radical (unpaired) electrons. The predicted octanol–water partition coefficient (Wildman–Crippen LogP) is 6.40. The Labute approximate surface area is 177 Å². The van der Waals surface area contributed by atoms with Crippen LogP contribution >= 0.6 is 0 Å². The summed E-state index contributed by atoms with van der Waals surface area (Å²) in [5.74, 6) is 1.64. The predicted molar refractivity (Wildman–Crippen MR) is 124 cm³/mol. The number of aromatic nitrogens is 2. The number of rotatable bonds is 5. The Balaban J connectivity index is 1.76. The number of anilines is 1. The van der Waals surface area contributed by atoms with E-state index in [9.17, 15) is 0 Å². The summed E-state index contributed by atoms with van der Waals surface area (Å²) < 4.78 is 5.26. The summed E-state index contributed by atoms with van der Waals surface area (Å²) in [5.41, 5.74) is 6.97. The molecule has 1 N–H and O–H groups in total. The molecule has 1 aromatic heterocycles. The van der Waals surface area contributed by atoms with Crippen molar-refractivity contribution in [2.75, 3.05) is 12.4 Å². The molecule has 4 aromatic rings. The van der Waals surface area contributed by atoms with Crippen molar-refractivity contribution in [3.8, 4) is 17.0 Å². The highest BCUT2D eigenvalue weighted by Gasteiger charge is 2.16. The van der Waals surface area contributed by atoms with E-state index < -0.39 is 0 Å². The van der Waals surface area contributed by atoms with Crippen molar-refractivity contribution in [2.45, 2.75) is 33.7 Å². The Morgan fingerprint density at radius 3 is 2.10 bits per heavy atom. The highest BCUT2D eigenvalue weighted by atomic mass is 16.5. The lowest BCUT2D eigenvalue weighted by Gasteiger charge is -2.18. The summed E-state index contributed by atoms with van der Waals surface area (Å²) in [6.07, 6.45) is 0. The molecule has 4 heteroatoms. The molecule has 1 atom stereocenters. The molecule has 0 aliphatic rings. The van der Waals surface area contributed by atoms with E-state index in [1.165, 1.54) is 22.3 Å². The van der Waals surface area contributed by atoms with E-state index >= 15 is 0 Å². The van der Waals surface area contributed by atoms with Crippen LogP contribution in [0.3, 0.4) is 0 Å². The molecule has 0 aliphatic carbocycles. The lowest BCUT2D eigenvalue weighted by Crippen LogP contribution is -2.09. The van der Waals surface area contributed by atoms with Gasteiger partial charge in [-0.1, -0.05) is 54.1 Å². The zero-order valence-corrected chi connectivity index (χ0v) is 18.2. The lowest BCUT2D eigenvalue weighted by molar-refractivity contribution is 0.414. The topological polar surface area (TPSA) is 47.0 Å². The van der Waals surface area contributed by atoms with Crippen LogP contribution < -0.4 is 10.1 Å². The minimum Gasteiger partial charge on any atom is -0.497 e. The molecule has 0 saturated heterocycles. The molecular weight excluding hydrogens is 370 g/mol. The Morgan fingerprint density at radius 2 is 1.47 bits per heavy atom. The number of hydrogen-bond acceptors (Lipinski definition) is 4. The zero-order valence-electron chi connectivity index (χ0n) is 18.2. The van der Waals surface area contributed by atoms with Crippen LogP contribution in [0.5, 0.6) is 5.75 Å². The average molecular weight is 398 g/mol. The normalized spacial score (nSPS) is 12.0. The van der Waals surface area contributed by atoms with Crippen LogP contribution in [0.2, 0.25) is 0 Å². The number of aryl methyl sites for hydroxylation is 3. The van der Waals surface area contributed by atoms with Gasteiger partial charge in [-0.25, -0.2) is 0 Å². The van der Waals surface area contributed by atoms with E-state index in [2.05, 4.69) is 85.7 Å². The van der Waals surface area contributed by atoms with Crippen molar-refractivity contribution < 1.29 is 4.74 Å². The fourth-order valence-corrected chi connectivity index (χ4v) is 4.13. The third-order valence-corrected chi connectivity index (χ3v) is 5.57. The van der Waals surface area contributed by atoms with Gasteiger partial charge in [0.2, 0.25) is 0 Å². The first-order valence-corrected chi connectivity index (χ1v) is 10.2. The number of hydrogen-bond donors (Lipinski definition) is 1. The summed E-state index contributed by atoms with van der Waals surface area (Å²) in [4.78, 5) is 0. The second-order valence-electron chi connectivity index (χ2n) is 7.86. The van der Waals surface area contributed by atoms with E-state index in [0.717, 1.165) is 33.6 Å². The molecule has 0 aliphatic heterocycles. The molecule has 1 heterocycles. The van der Waals surface area contributed by atoms with Gasteiger partial charge in [0.25, 0.3) is 0 Å². The number of benzene rings is 3. The number of nitrogens with one attached hydrogen (secondary N) is 1. The highest BCUT2D eigenvalue weighted by molar-refractivity contribution is 6.01. The van der Waals surface area contributed by atoms with Crippen molar-refractivity contribution in [1.82, 2.24) is 10.2 Å². The second kappa shape index (κ2) is 8.15. The van der Waals surface area contributed by atoms with Crippen molar-refractivity contribution in [3.63, 3.8) is 0 Å². The van der Waals surface area contributed by atoms with E-state index in [1.54, 1.807) is 7.11 Å². The van der Waals surface area contributed by atoms with E-state index in [0.29, 0.717) is 0 Å². The van der Waals surface area contributed by atoms with E-state index in [4.69, 9.17) is 4.74 Å². The van der Waals surface area contributed by atoms with Gasteiger partial charge in [-0.15, -0.1) is 10.2 Å². The highest BCUT2D eigenvalue weighted by Crippen LogP contribution is 2.35. The van der Waals surface area contributed by atoms with Gasteiger partial charge in [0, 0.05) is 16.3 Å². The Kier molecular flexibility index (Phi) is 5.40. The largest absolute Gasteiger partial charge is 0.497 e. The maximum absolute atomic E-state index is 5.26. The second-order valence-corrected chi connectivity index (χ2v) is 7.86. The first-order chi connectivity index (χ1) is 14.5. The fraction of sp³-hybridized carbons (Fsp3) is 0.231. The summed E-state index contributed by atoms with van der Waals surface area (Å²) in [7, 11) is 1.68. The Bertz CT molecular complexity index is 1180. The standard InChI is InChI=1S/C26H27N3O/c1-16-14-17(2)24(18(3)15-16)25-22-8-6-7-9-23(22)26(29-28-25)27-19(4)20-10-12-21(30-5)13-11-20/h6-15,19H,1-5H3,(H,27,29)/t19-/m1/s1. The van der Waals surface area contributed by atoms with Crippen LogP contribution in [0.15, 0.2) is 60.7 Å². The Morgan fingerprint density at radius 1 is 0.833 bits per heavy atom. The SMILES string of the molecule is COc1ccc([C@@H](C)Nc2nnc(-c3c(C)cc(C)cc3C)c3ccccc23)cc1. The fourth-order valence-electron chi connectivity index (χ4n) is 4.13. The molecule has 0 fully saturated rings. The third kappa shape index (κ3) is 3.73. The van der Waals surface area contributed by atoms with Gasteiger partial charge in [-0.3, -0.25) is 0 Å². The monoisotopic (exact) mass is 397 g/mol. The zero-order chi connectivity index (χ0) is 21.3. The molecule has 30 heavy (non-hydrogen) atoms. The summed E-state index contributed by atoms with van der Waals surface area (Å²) in [6.45, 7) is 8.54. The maximum Gasteiger partial charge on any atom is 0.157 e. The average Bonchev–Trinajstić information content (AvgIpc) is 2.74. The van der Waals surface area contributed by atoms with Gasteiger partial charge < -0.3 is 10.1 Å². The maximum atomic E-state index is 5.26. The molecule has 4 nitrogen and oxygen atoms in total. The van der Waals surface area contributed by atoms with Crippen LogP contribution in [0, 0.1) is 20.8 Å². The van der Waals surface area contributed by atoms with Crippen LogP contribution in [0.4, 0.5) is 5.82 Å². The molecule has 0 spiro atoms. The molecular formula is C26H27N3O. The van der Waals surface area contributed by atoms with E-state index in [1.807, 2.05) is 18.2 Å². The number of methoxy groups -OCH3 is 1. The van der Waals surface area contributed by atoms with Gasteiger partial charge >= 0.3 is 0 Å². The first kappa shape index (κ1) is 19.9. The first-order valence-electron chi connectivity index (χ1n) is 10.2. The molecule has 0 amide bonds. The summed E-state index contributed by atoms with van der Waals surface area (Å²) in [6, 6.07) is 20.9. The number of ether oxygens (including phenoxy) is 1. The van der Waals surface area contributed by atoms with Crippen LogP contribution in [0.25, 0.3) is 22.0 Å². The molecule has 0 bridgehead atoms. The number of fused-ring (bicyclic) bond motifs is 1. The van der Waals surface area contributed by atoms with Crippen LogP contribution in [0.1, 0.15) is 35.2 Å². The molecule has 4 rings (SSSR count). The van der Waals surface area contributed by atoms with Crippen LogP contribution in [-0.4, -0.2) is 17.3 Å². The van der Waals surface area contributed by atoms with Crippen molar-refractivity contribution in [2.24, 2.45) is 0 Å². The minimum absolute atomic E-state index is 0.0855. The lowest BCUT2D eigenvalue weighted by atomic mass is 9.94. The van der Waals surface area contributed by atoms with Gasteiger partial charge in [0.1, 0.15) is 11.4 Å². The van der Waals surface area contributed by atoms with Crippen LogP contribution in [-0.2, 0) is 0 Å². The smallest absolute Gasteiger partial charge is 0.157 e. The molecule has 3 aromatic carbocycles. The summed E-state index contributed by atoms with van der Waals surface area (Å²) in [5, 5.41) is 15.0. The third-order valence-electron chi connectivity index (χ3n) is 5.57. The molecule has 0 unspecified atom stereocenters. The molecule has 0 saturated carbocycles. The number of nitrogens with zero attached hydrogens (tertiary/aromatic N) is 2. The van der Waals surface area contributed by atoms with E-state index in [-0.39, 0.29) is 6.04 Å². The van der Waals surface area contributed by atoms with Crippen molar-refractivity contribution >= 4 is 16.6 Å². The molecule has 152 valence electrons. The van der Waals surface area contributed by atoms with Gasteiger partial charge in [-0.05, 0) is 56.5 Å². The van der Waals surface area contributed by atoms with Crippen molar-refractivity contribution in [1.29, 1.82) is 0 Å². The van der Waals surface area contributed by atoms with Crippen molar-refractivity contribution in [3.05, 3.63) is 82.9 Å². The summed E-state index contributed by atoms with van der Waals surface area (Å²) >= 11 is 0. The van der Waals surface area contributed by atoms with Gasteiger partial charge in [-0.2, -0.15) is 0 Å². The Hall–Kier alpha value is -3.40. The van der Waals surface area contributed by atoms with Gasteiger partial charge in [0.05, 0.1) is 13.2 Å². The minimum atomic E-state index is 0.0855. The quantitative estimate of drug-likeness (QED) is 0.423.